The van der Waals surface area contributed by atoms with Crippen molar-refractivity contribution in [1.82, 2.24) is 0 Å². The molecule has 20 heavy (non-hydrogen) atoms. The van der Waals surface area contributed by atoms with Gasteiger partial charge in [0.25, 0.3) is 0 Å². The zero-order valence-electron chi connectivity index (χ0n) is 10.9. The Balaban J connectivity index is 1.83. The van der Waals surface area contributed by atoms with Gasteiger partial charge in [0.05, 0.1) is 5.69 Å². The third-order valence-corrected chi connectivity index (χ3v) is 4.13. The first-order chi connectivity index (χ1) is 9.72. The molecule has 2 unspecified atom stereocenters. The van der Waals surface area contributed by atoms with Crippen LogP contribution < -0.4 is 0 Å². The van der Waals surface area contributed by atoms with Crippen LogP contribution in [0.5, 0.6) is 0 Å². The summed E-state index contributed by atoms with van der Waals surface area (Å²) in [7, 11) is 0. The third-order valence-electron chi connectivity index (χ3n) is 3.49. The third kappa shape index (κ3) is 2.86. The lowest BCUT2D eigenvalue weighted by atomic mass is 9.84. The highest BCUT2D eigenvalue weighted by molar-refractivity contribution is 7.83. The van der Waals surface area contributed by atoms with Crippen LogP contribution in [0, 0.1) is 5.92 Å². The van der Waals surface area contributed by atoms with Gasteiger partial charge in [0, 0.05) is 23.0 Å². The summed E-state index contributed by atoms with van der Waals surface area (Å²) >= 11 is -2.15. The van der Waals surface area contributed by atoms with Crippen LogP contribution in [0.3, 0.4) is 0 Å². The first kappa shape index (κ1) is 13.2. The molecule has 3 nitrogen and oxygen atoms in total. The molecule has 0 saturated carbocycles. The Morgan fingerprint density at radius 2 is 2.05 bits per heavy atom. The van der Waals surface area contributed by atoms with E-state index in [2.05, 4.69) is 11.1 Å². The van der Waals surface area contributed by atoms with Crippen molar-refractivity contribution in [1.29, 1.82) is 0 Å². The topological polar surface area (TPSA) is 52.5 Å². The zero-order chi connectivity index (χ0) is 13.9. The Morgan fingerprint density at radius 3 is 2.80 bits per heavy atom. The molecule has 0 N–H and O–H groups in total. The van der Waals surface area contributed by atoms with Crippen molar-refractivity contribution in [2.45, 2.75) is 12.8 Å². The van der Waals surface area contributed by atoms with Crippen molar-refractivity contribution in [3.05, 3.63) is 65.1 Å². The molecule has 0 heterocycles. The van der Waals surface area contributed by atoms with Crippen molar-refractivity contribution in [3.63, 3.8) is 0 Å². The molecule has 0 spiro atoms. The van der Waals surface area contributed by atoms with Crippen molar-refractivity contribution < 1.29 is 8.76 Å². The average Bonchev–Trinajstić information content (AvgIpc) is 2.47. The maximum atomic E-state index is 11.0. The van der Waals surface area contributed by atoms with Gasteiger partial charge in [-0.05, 0) is 41.3 Å². The number of fused-ring (bicyclic) bond motifs is 1. The Labute approximate surface area is 120 Å². The minimum atomic E-state index is -2.15. The molecule has 0 radical (unpaired) electrons. The molecule has 2 atom stereocenters. The fraction of sp³-hybridized carbons (Fsp3) is 0.188. The second-order valence-electron chi connectivity index (χ2n) is 4.87. The Bertz CT molecular complexity index is 656. The van der Waals surface area contributed by atoms with E-state index < -0.39 is 11.1 Å². The van der Waals surface area contributed by atoms with E-state index in [0.717, 1.165) is 29.8 Å². The first-order valence-corrected chi connectivity index (χ1v) is 7.60. The lowest BCUT2D eigenvalue weighted by Crippen LogP contribution is -2.16. The van der Waals surface area contributed by atoms with E-state index in [1.807, 2.05) is 36.4 Å². The van der Waals surface area contributed by atoms with E-state index in [4.69, 9.17) is 0 Å². The molecule has 102 valence electrons. The van der Waals surface area contributed by atoms with Crippen molar-refractivity contribution in [3.8, 4) is 0 Å². The van der Waals surface area contributed by atoms with Crippen LogP contribution in [0.4, 0.5) is 5.69 Å². The van der Waals surface area contributed by atoms with Gasteiger partial charge in [-0.15, -0.1) is 0 Å². The lowest BCUT2D eigenvalue weighted by molar-refractivity contribution is 0.544. The number of allylic oxidation sites excluding steroid dienone is 5. The minimum Gasteiger partial charge on any atom is -0.768 e. The maximum absolute atomic E-state index is 11.0. The normalized spacial score (nSPS) is 24.9. The maximum Gasteiger partial charge on any atom is 0.0629 e. The van der Waals surface area contributed by atoms with E-state index in [1.54, 1.807) is 12.2 Å². The molecular formula is C16H14NO2S-. The van der Waals surface area contributed by atoms with Crippen LogP contribution in [0.25, 0.3) is 0 Å². The van der Waals surface area contributed by atoms with Gasteiger partial charge in [-0.3, -0.25) is 9.20 Å². The SMILES string of the molecule is O=S([O-])C1=CC2=CCC(=Nc3ccccc3)CC2C=C1. The highest BCUT2D eigenvalue weighted by Crippen LogP contribution is 2.31. The van der Waals surface area contributed by atoms with Crippen LogP contribution in [0.15, 0.2) is 70.1 Å². The predicted molar refractivity (Wildman–Crippen MR) is 80.5 cm³/mol. The molecule has 0 amide bonds. The standard InChI is InChI=1S/C16H15NO2S/c18-20(19)16-9-7-12-10-15(8-6-13(12)11-16)17-14-4-2-1-3-5-14/h1-7,9,11-12H,8,10H2,(H,18,19)/p-1. The average molecular weight is 284 g/mol. The molecule has 2 aliphatic carbocycles. The van der Waals surface area contributed by atoms with Crippen LogP contribution in [0.2, 0.25) is 0 Å². The van der Waals surface area contributed by atoms with E-state index in [1.165, 1.54) is 0 Å². The van der Waals surface area contributed by atoms with Gasteiger partial charge in [0.1, 0.15) is 0 Å². The number of nitrogens with zero attached hydrogens (tertiary/aromatic N) is 1. The number of benzene rings is 1. The molecule has 1 aromatic carbocycles. The van der Waals surface area contributed by atoms with Gasteiger partial charge < -0.3 is 4.55 Å². The Kier molecular flexibility index (Phi) is 3.76. The van der Waals surface area contributed by atoms with Crippen molar-refractivity contribution >= 4 is 22.5 Å². The highest BCUT2D eigenvalue weighted by atomic mass is 32.2. The van der Waals surface area contributed by atoms with Gasteiger partial charge in [-0.25, -0.2) is 0 Å². The second-order valence-corrected chi connectivity index (χ2v) is 5.81. The molecule has 4 heteroatoms. The molecule has 2 aliphatic rings. The summed E-state index contributed by atoms with van der Waals surface area (Å²) in [4.78, 5) is 5.02. The van der Waals surface area contributed by atoms with Gasteiger partial charge >= 0.3 is 0 Å². The van der Waals surface area contributed by atoms with E-state index >= 15 is 0 Å². The van der Waals surface area contributed by atoms with Crippen LogP contribution in [0.1, 0.15) is 12.8 Å². The molecular weight excluding hydrogens is 270 g/mol. The summed E-state index contributed by atoms with van der Waals surface area (Å²) in [6.45, 7) is 0. The Morgan fingerprint density at radius 1 is 1.25 bits per heavy atom. The lowest BCUT2D eigenvalue weighted by Gasteiger charge is -2.25. The molecule has 0 saturated heterocycles. The van der Waals surface area contributed by atoms with Gasteiger partial charge in [-0.2, -0.15) is 0 Å². The number of para-hydroxylation sites is 1. The number of aliphatic imine (C=N–C) groups is 1. The summed E-state index contributed by atoms with van der Waals surface area (Å²) in [5.74, 6) is 0.249. The summed E-state index contributed by atoms with van der Waals surface area (Å²) < 4.78 is 21.9. The highest BCUT2D eigenvalue weighted by Gasteiger charge is 2.20. The summed E-state index contributed by atoms with van der Waals surface area (Å²) in [6.07, 6.45) is 9.10. The number of hydrogen-bond donors (Lipinski definition) is 0. The zero-order valence-corrected chi connectivity index (χ0v) is 11.7. The fourth-order valence-electron chi connectivity index (χ4n) is 2.49. The second kappa shape index (κ2) is 5.69. The summed E-state index contributed by atoms with van der Waals surface area (Å²) in [5.41, 5.74) is 3.18. The summed E-state index contributed by atoms with van der Waals surface area (Å²) in [5, 5.41) is 0. The molecule has 0 bridgehead atoms. The van der Waals surface area contributed by atoms with Crippen LogP contribution in [-0.2, 0) is 11.1 Å². The predicted octanol–water partition coefficient (Wildman–Crippen LogP) is 3.43. The molecule has 0 fully saturated rings. The monoisotopic (exact) mass is 284 g/mol. The van der Waals surface area contributed by atoms with Crippen LogP contribution in [-0.4, -0.2) is 14.5 Å². The van der Waals surface area contributed by atoms with Gasteiger partial charge in [-0.1, -0.05) is 36.4 Å². The molecule has 1 aromatic rings. The van der Waals surface area contributed by atoms with E-state index in [0.29, 0.717) is 4.91 Å². The minimum absolute atomic E-state index is 0.249. The Hall–Kier alpha value is -1.78. The summed E-state index contributed by atoms with van der Waals surface area (Å²) in [6, 6.07) is 9.90. The van der Waals surface area contributed by atoms with Crippen molar-refractivity contribution in [2.75, 3.05) is 0 Å². The van der Waals surface area contributed by atoms with Gasteiger partial charge in [0.15, 0.2) is 0 Å². The number of hydrogen-bond acceptors (Lipinski definition) is 3. The van der Waals surface area contributed by atoms with Gasteiger partial charge in [0.2, 0.25) is 0 Å². The fourth-order valence-corrected chi connectivity index (χ4v) is 2.91. The smallest absolute Gasteiger partial charge is 0.0629 e. The van der Waals surface area contributed by atoms with E-state index in [9.17, 15) is 8.76 Å². The van der Waals surface area contributed by atoms with Crippen molar-refractivity contribution in [2.24, 2.45) is 10.9 Å². The molecule has 3 rings (SSSR count). The quantitative estimate of drug-likeness (QED) is 0.781. The van der Waals surface area contributed by atoms with Crippen LogP contribution >= 0.6 is 0 Å². The largest absolute Gasteiger partial charge is 0.768 e. The number of rotatable bonds is 2. The molecule has 0 aromatic heterocycles. The first-order valence-electron chi connectivity index (χ1n) is 6.53. The molecule has 0 aliphatic heterocycles. The van der Waals surface area contributed by atoms with E-state index in [-0.39, 0.29) is 5.92 Å².